The summed E-state index contributed by atoms with van der Waals surface area (Å²) in [7, 11) is 0. The molecule has 88 valence electrons. The van der Waals surface area contributed by atoms with E-state index in [1.807, 2.05) is 6.20 Å². The first-order chi connectivity index (χ1) is 7.81. The summed E-state index contributed by atoms with van der Waals surface area (Å²) in [5, 5.41) is 3.40. The second-order valence-electron chi connectivity index (χ2n) is 4.89. The highest BCUT2D eigenvalue weighted by atomic mass is 16.5. The Kier molecular flexibility index (Phi) is 2.69. The van der Waals surface area contributed by atoms with Crippen LogP contribution in [0.4, 0.5) is 0 Å². The molecule has 3 rings (SSSR count). The second kappa shape index (κ2) is 4.18. The smallest absolute Gasteiger partial charge is 0.208 e. The topological polar surface area (TPSA) is 47.3 Å². The fourth-order valence-electron chi connectivity index (χ4n) is 2.13. The molecule has 1 N–H and O–H groups in total. The molecule has 1 aliphatic carbocycles. The van der Waals surface area contributed by atoms with Crippen molar-refractivity contribution in [2.45, 2.75) is 50.8 Å². The van der Waals surface area contributed by atoms with Gasteiger partial charge in [-0.1, -0.05) is 0 Å². The van der Waals surface area contributed by atoms with Crippen LogP contribution >= 0.6 is 0 Å². The molecule has 0 aromatic carbocycles. The third-order valence-corrected chi connectivity index (χ3v) is 3.29. The van der Waals surface area contributed by atoms with Crippen LogP contribution in [-0.2, 0) is 11.3 Å². The predicted octanol–water partition coefficient (Wildman–Crippen LogP) is 1.82. The normalized spacial score (nSPS) is 29.8. The highest BCUT2D eigenvalue weighted by Gasteiger charge is 2.27. The highest BCUT2D eigenvalue weighted by Crippen LogP contribution is 2.29. The Labute approximate surface area is 95.4 Å². The first-order valence-corrected chi connectivity index (χ1v) is 6.11. The molecule has 0 amide bonds. The first kappa shape index (κ1) is 10.3. The summed E-state index contributed by atoms with van der Waals surface area (Å²) < 4.78 is 11.3. The van der Waals surface area contributed by atoms with E-state index in [0.717, 1.165) is 31.2 Å². The maximum absolute atomic E-state index is 5.74. The van der Waals surface area contributed by atoms with Gasteiger partial charge in [0.25, 0.3) is 0 Å². The van der Waals surface area contributed by atoms with Crippen molar-refractivity contribution < 1.29 is 9.15 Å². The van der Waals surface area contributed by atoms with E-state index < -0.39 is 0 Å². The zero-order chi connectivity index (χ0) is 11.0. The first-order valence-electron chi connectivity index (χ1n) is 6.11. The third kappa shape index (κ3) is 2.28. The van der Waals surface area contributed by atoms with Gasteiger partial charge in [0.2, 0.25) is 5.89 Å². The average molecular weight is 222 g/mol. The molecular formula is C12H18N2O2. The van der Waals surface area contributed by atoms with Crippen LogP contribution in [0.3, 0.4) is 0 Å². The molecule has 1 aromatic heterocycles. The molecule has 1 saturated carbocycles. The van der Waals surface area contributed by atoms with Crippen molar-refractivity contribution in [1.82, 2.24) is 10.3 Å². The Morgan fingerprint density at radius 2 is 2.38 bits per heavy atom. The lowest BCUT2D eigenvalue weighted by molar-refractivity contribution is 0.122. The molecule has 1 saturated heterocycles. The molecule has 1 aromatic rings. The molecule has 4 nitrogen and oxygen atoms in total. The van der Waals surface area contributed by atoms with Gasteiger partial charge < -0.3 is 14.5 Å². The molecule has 1 aliphatic heterocycles. The summed E-state index contributed by atoms with van der Waals surface area (Å²) >= 11 is 0. The number of hydrogen-bond donors (Lipinski definition) is 1. The minimum Gasteiger partial charge on any atom is -0.444 e. The Bertz CT molecular complexity index is 360. The zero-order valence-electron chi connectivity index (χ0n) is 9.61. The van der Waals surface area contributed by atoms with Gasteiger partial charge in [-0.25, -0.2) is 4.98 Å². The number of hydrogen-bond acceptors (Lipinski definition) is 4. The van der Waals surface area contributed by atoms with Gasteiger partial charge in [-0.2, -0.15) is 0 Å². The van der Waals surface area contributed by atoms with E-state index in [1.165, 1.54) is 12.8 Å². The SMILES string of the molecule is CC1CC(c2cnc(CNC3CC3)o2)CO1. The van der Waals surface area contributed by atoms with Crippen molar-refractivity contribution in [1.29, 1.82) is 0 Å². The fourth-order valence-corrected chi connectivity index (χ4v) is 2.13. The summed E-state index contributed by atoms with van der Waals surface area (Å²) in [5.41, 5.74) is 0. The summed E-state index contributed by atoms with van der Waals surface area (Å²) in [5.74, 6) is 2.19. The van der Waals surface area contributed by atoms with Crippen LogP contribution in [0.5, 0.6) is 0 Å². The van der Waals surface area contributed by atoms with E-state index in [9.17, 15) is 0 Å². The molecule has 0 spiro atoms. The zero-order valence-corrected chi connectivity index (χ0v) is 9.61. The van der Waals surface area contributed by atoms with Gasteiger partial charge in [-0.05, 0) is 26.2 Å². The van der Waals surface area contributed by atoms with Crippen LogP contribution in [0, 0.1) is 0 Å². The van der Waals surface area contributed by atoms with E-state index in [1.54, 1.807) is 0 Å². The van der Waals surface area contributed by atoms with E-state index >= 15 is 0 Å². The quantitative estimate of drug-likeness (QED) is 0.844. The average Bonchev–Trinajstić information content (AvgIpc) is 2.81. The molecule has 4 heteroatoms. The Morgan fingerprint density at radius 3 is 3.06 bits per heavy atom. The van der Waals surface area contributed by atoms with E-state index in [4.69, 9.17) is 9.15 Å². The number of nitrogens with one attached hydrogen (secondary N) is 1. The monoisotopic (exact) mass is 222 g/mol. The van der Waals surface area contributed by atoms with Crippen molar-refractivity contribution in [2.75, 3.05) is 6.61 Å². The summed E-state index contributed by atoms with van der Waals surface area (Å²) in [6.45, 7) is 3.63. The van der Waals surface area contributed by atoms with Crippen molar-refractivity contribution in [2.24, 2.45) is 0 Å². The fraction of sp³-hybridized carbons (Fsp3) is 0.750. The lowest BCUT2D eigenvalue weighted by atomic mass is 10.0. The highest BCUT2D eigenvalue weighted by molar-refractivity contribution is 5.04. The maximum Gasteiger partial charge on any atom is 0.208 e. The number of nitrogens with zero attached hydrogens (tertiary/aromatic N) is 1. The van der Waals surface area contributed by atoms with Crippen LogP contribution in [0.1, 0.15) is 43.8 Å². The third-order valence-electron chi connectivity index (χ3n) is 3.29. The molecule has 0 radical (unpaired) electrons. The molecule has 2 atom stereocenters. The second-order valence-corrected chi connectivity index (χ2v) is 4.89. The van der Waals surface area contributed by atoms with Crippen molar-refractivity contribution in [3.05, 3.63) is 17.8 Å². The molecule has 16 heavy (non-hydrogen) atoms. The largest absolute Gasteiger partial charge is 0.444 e. The molecule has 2 heterocycles. The molecule has 2 unspecified atom stereocenters. The summed E-state index contributed by atoms with van der Waals surface area (Å²) in [6.07, 6.45) is 5.84. The van der Waals surface area contributed by atoms with Crippen LogP contribution in [-0.4, -0.2) is 23.7 Å². The maximum atomic E-state index is 5.74. The van der Waals surface area contributed by atoms with Gasteiger partial charge in [0.15, 0.2) is 0 Å². The van der Waals surface area contributed by atoms with Crippen LogP contribution in [0.25, 0.3) is 0 Å². The Balaban J connectivity index is 1.58. The van der Waals surface area contributed by atoms with Crippen molar-refractivity contribution in [3.63, 3.8) is 0 Å². The standard InChI is InChI=1S/C12H18N2O2/c1-8-4-9(7-15-8)11-5-14-12(16-11)6-13-10-2-3-10/h5,8-10,13H,2-4,6-7H2,1H3. The number of rotatable bonds is 4. The van der Waals surface area contributed by atoms with E-state index in [0.29, 0.717) is 18.1 Å². The lowest BCUT2D eigenvalue weighted by Crippen LogP contribution is -2.15. The number of ether oxygens (including phenoxy) is 1. The molecule has 2 aliphatic rings. The van der Waals surface area contributed by atoms with Gasteiger partial charge in [0.05, 0.1) is 25.5 Å². The lowest BCUT2D eigenvalue weighted by Gasteiger charge is -2.02. The van der Waals surface area contributed by atoms with Crippen LogP contribution in [0.2, 0.25) is 0 Å². The van der Waals surface area contributed by atoms with Gasteiger partial charge in [0.1, 0.15) is 5.76 Å². The minimum absolute atomic E-state index is 0.350. The molecule has 0 bridgehead atoms. The summed E-state index contributed by atoms with van der Waals surface area (Å²) in [6, 6.07) is 0.699. The van der Waals surface area contributed by atoms with E-state index in [-0.39, 0.29) is 0 Å². The van der Waals surface area contributed by atoms with Gasteiger partial charge in [-0.15, -0.1) is 0 Å². The van der Waals surface area contributed by atoms with E-state index in [2.05, 4.69) is 17.2 Å². The minimum atomic E-state index is 0.350. The molecular weight excluding hydrogens is 204 g/mol. The number of aromatic nitrogens is 1. The van der Waals surface area contributed by atoms with Gasteiger partial charge >= 0.3 is 0 Å². The van der Waals surface area contributed by atoms with Crippen LogP contribution in [0.15, 0.2) is 10.6 Å². The predicted molar refractivity (Wildman–Crippen MR) is 59.1 cm³/mol. The Morgan fingerprint density at radius 1 is 1.50 bits per heavy atom. The Hall–Kier alpha value is -0.870. The summed E-state index contributed by atoms with van der Waals surface area (Å²) in [4.78, 5) is 4.30. The molecule has 2 fully saturated rings. The number of oxazole rings is 1. The van der Waals surface area contributed by atoms with Crippen molar-refractivity contribution in [3.8, 4) is 0 Å². The van der Waals surface area contributed by atoms with Gasteiger partial charge in [-0.3, -0.25) is 0 Å². The van der Waals surface area contributed by atoms with Crippen LogP contribution < -0.4 is 5.32 Å². The van der Waals surface area contributed by atoms with Gasteiger partial charge in [0, 0.05) is 12.0 Å². The van der Waals surface area contributed by atoms with Crippen molar-refractivity contribution >= 4 is 0 Å².